The predicted molar refractivity (Wildman–Crippen MR) is 134 cm³/mol. The Hall–Kier alpha value is -2.93. The van der Waals surface area contributed by atoms with Gasteiger partial charge in [0.1, 0.15) is 5.75 Å². The van der Waals surface area contributed by atoms with Gasteiger partial charge in [0.2, 0.25) is 5.91 Å². The van der Waals surface area contributed by atoms with Gasteiger partial charge in [0.05, 0.1) is 7.11 Å². The van der Waals surface area contributed by atoms with Crippen LogP contribution >= 0.6 is 11.9 Å². The lowest BCUT2D eigenvalue weighted by Gasteiger charge is -2.30. The maximum absolute atomic E-state index is 12.5. The number of urea groups is 1. The molecule has 6 nitrogen and oxygen atoms in total. The van der Waals surface area contributed by atoms with Crippen molar-refractivity contribution in [2.45, 2.75) is 39.5 Å². The van der Waals surface area contributed by atoms with Crippen molar-refractivity contribution in [3.8, 4) is 5.75 Å². The number of hydrogen-bond acceptors (Lipinski definition) is 5. The van der Waals surface area contributed by atoms with Crippen molar-refractivity contribution in [2.24, 2.45) is 0 Å². The molecule has 1 aliphatic rings. The molecule has 0 atom stereocenters. The average molecular weight is 454 g/mol. The zero-order valence-corrected chi connectivity index (χ0v) is 20.4. The SMILES string of the molecule is COc1c(/C=C(\C)c2ccc(NSC)cc2)cc(N2CCC(=O)NC2=O)cc1C(C)(C)C. The van der Waals surface area contributed by atoms with E-state index < -0.39 is 6.03 Å². The minimum absolute atomic E-state index is 0.203. The van der Waals surface area contributed by atoms with E-state index >= 15 is 0 Å². The number of allylic oxidation sites excluding steroid dienone is 1. The summed E-state index contributed by atoms with van der Waals surface area (Å²) in [6.07, 6.45) is 4.36. The van der Waals surface area contributed by atoms with Crippen molar-refractivity contribution in [2.75, 3.05) is 29.5 Å². The van der Waals surface area contributed by atoms with Crippen molar-refractivity contribution < 1.29 is 14.3 Å². The second kappa shape index (κ2) is 9.69. The van der Waals surface area contributed by atoms with Gasteiger partial charge in [-0.25, -0.2) is 4.79 Å². The summed E-state index contributed by atoms with van der Waals surface area (Å²) in [6.45, 7) is 8.77. The minimum atomic E-state index is -0.394. The monoisotopic (exact) mass is 453 g/mol. The number of anilines is 2. The van der Waals surface area contributed by atoms with E-state index in [1.165, 1.54) is 0 Å². The fourth-order valence-electron chi connectivity index (χ4n) is 3.73. The van der Waals surface area contributed by atoms with Crippen LogP contribution in [-0.2, 0) is 10.2 Å². The minimum Gasteiger partial charge on any atom is -0.496 e. The molecular formula is C25H31N3O3S. The number of benzene rings is 2. The van der Waals surface area contributed by atoms with Gasteiger partial charge < -0.3 is 9.46 Å². The average Bonchev–Trinajstić information content (AvgIpc) is 2.73. The Morgan fingerprint density at radius 2 is 1.88 bits per heavy atom. The highest BCUT2D eigenvalue weighted by atomic mass is 32.2. The molecule has 32 heavy (non-hydrogen) atoms. The molecule has 0 bridgehead atoms. The number of carbonyl (C=O) groups excluding carboxylic acids is 2. The normalized spacial score (nSPS) is 14.9. The van der Waals surface area contributed by atoms with Crippen LogP contribution in [0.3, 0.4) is 0 Å². The van der Waals surface area contributed by atoms with Gasteiger partial charge in [0.25, 0.3) is 0 Å². The second-order valence-electron chi connectivity index (χ2n) is 8.83. The molecule has 1 aliphatic heterocycles. The summed E-state index contributed by atoms with van der Waals surface area (Å²) in [5, 5.41) is 2.41. The molecule has 0 radical (unpaired) electrons. The van der Waals surface area contributed by atoms with Crippen LogP contribution < -0.4 is 19.7 Å². The van der Waals surface area contributed by atoms with Crippen LogP contribution in [0.1, 0.15) is 50.8 Å². The van der Waals surface area contributed by atoms with E-state index in [0.29, 0.717) is 6.54 Å². The van der Waals surface area contributed by atoms with Crippen LogP contribution in [0.5, 0.6) is 5.75 Å². The molecular weight excluding hydrogens is 422 g/mol. The molecule has 1 fully saturated rings. The Morgan fingerprint density at radius 1 is 1.19 bits per heavy atom. The Morgan fingerprint density at radius 3 is 2.44 bits per heavy atom. The highest BCUT2D eigenvalue weighted by Crippen LogP contribution is 2.39. The van der Waals surface area contributed by atoms with Gasteiger partial charge in [-0.1, -0.05) is 44.9 Å². The van der Waals surface area contributed by atoms with Gasteiger partial charge in [-0.15, -0.1) is 0 Å². The summed E-state index contributed by atoms with van der Waals surface area (Å²) in [7, 11) is 1.67. The largest absolute Gasteiger partial charge is 0.496 e. The number of amides is 3. The molecule has 2 aromatic carbocycles. The Labute approximate surface area is 194 Å². The molecule has 0 saturated carbocycles. The third-order valence-electron chi connectivity index (χ3n) is 5.41. The first-order valence-electron chi connectivity index (χ1n) is 10.6. The van der Waals surface area contributed by atoms with E-state index in [1.807, 2.05) is 30.5 Å². The number of ether oxygens (including phenoxy) is 1. The topological polar surface area (TPSA) is 70.7 Å². The standard InChI is InChI=1S/C25H31N3O3S/c1-16(17-7-9-19(10-8-17)27-32-6)13-18-14-20(28-12-11-22(29)26-24(28)30)15-21(23(18)31-5)25(2,3)4/h7-10,13-15,27H,11-12H2,1-6H3,(H,26,29,30)/b16-13+. The van der Waals surface area contributed by atoms with E-state index in [9.17, 15) is 9.59 Å². The molecule has 0 spiro atoms. The molecule has 2 N–H and O–H groups in total. The molecule has 7 heteroatoms. The Kier molecular flexibility index (Phi) is 7.19. The highest BCUT2D eigenvalue weighted by Gasteiger charge is 2.28. The predicted octanol–water partition coefficient (Wildman–Crippen LogP) is 5.69. The molecule has 3 amide bonds. The van der Waals surface area contributed by atoms with Crippen LogP contribution in [0, 0.1) is 0 Å². The number of carbonyl (C=O) groups is 2. The number of hydrogen-bond donors (Lipinski definition) is 2. The molecule has 2 aromatic rings. The lowest BCUT2D eigenvalue weighted by molar-refractivity contribution is -0.120. The van der Waals surface area contributed by atoms with Crippen molar-refractivity contribution in [3.05, 3.63) is 53.1 Å². The van der Waals surface area contributed by atoms with Crippen LogP contribution in [-0.4, -0.2) is 31.8 Å². The lowest BCUT2D eigenvalue weighted by Crippen LogP contribution is -2.49. The summed E-state index contributed by atoms with van der Waals surface area (Å²) in [5.74, 6) is 0.543. The number of nitrogens with zero attached hydrogens (tertiary/aromatic N) is 1. The van der Waals surface area contributed by atoms with Crippen molar-refractivity contribution in [3.63, 3.8) is 0 Å². The summed E-state index contributed by atoms with van der Waals surface area (Å²) >= 11 is 1.56. The number of nitrogens with one attached hydrogen (secondary N) is 2. The number of methoxy groups -OCH3 is 1. The van der Waals surface area contributed by atoms with Gasteiger partial charge >= 0.3 is 6.03 Å². The van der Waals surface area contributed by atoms with Crippen LogP contribution in [0.4, 0.5) is 16.2 Å². The van der Waals surface area contributed by atoms with Gasteiger partial charge in [-0.2, -0.15) is 0 Å². The lowest BCUT2D eigenvalue weighted by atomic mass is 9.84. The van der Waals surface area contributed by atoms with Gasteiger partial charge in [0, 0.05) is 41.7 Å². The van der Waals surface area contributed by atoms with Gasteiger partial charge in [-0.05, 0) is 53.8 Å². The van der Waals surface area contributed by atoms with Crippen LogP contribution in [0.25, 0.3) is 11.6 Å². The Balaban J connectivity index is 2.09. The van der Waals surface area contributed by atoms with Crippen molar-refractivity contribution in [1.82, 2.24) is 5.32 Å². The number of imide groups is 1. The summed E-state index contributed by atoms with van der Waals surface area (Å²) in [5.41, 5.74) is 5.67. The van der Waals surface area contributed by atoms with E-state index in [4.69, 9.17) is 4.74 Å². The van der Waals surface area contributed by atoms with E-state index in [2.05, 4.69) is 55.9 Å². The fourth-order valence-corrected chi connectivity index (χ4v) is 4.10. The smallest absolute Gasteiger partial charge is 0.328 e. The quantitative estimate of drug-likeness (QED) is 0.434. The molecule has 1 heterocycles. The summed E-state index contributed by atoms with van der Waals surface area (Å²) < 4.78 is 9.07. The maximum Gasteiger partial charge on any atom is 0.328 e. The van der Waals surface area contributed by atoms with Crippen molar-refractivity contribution in [1.29, 1.82) is 0 Å². The van der Waals surface area contributed by atoms with E-state index in [0.717, 1.165) is 39.4 Å². The maximum atomic E-state index is 12.5. The molecule has 0 aliphatic carbocycles. The summed E-state index contributed by atoms with van der Waals surface area (Å²) in [4.78, 5) is 25.7. The molecule has 0 aromatic heterocycles. The molecule has 0 unspecified atom stereocenters. The zero-order valence-electron chi connectivity index (χ0n) is 19.5. The van der Waals surface area contributed by atoms with Crippen LogP contribution in [0.2, 0.25) is 0 Å². The van der Waals surface area contributed by atoms with E-state index in [1.54, 1.807) is 24.0 Å². The summed E-state index contributed by atoms with van der Waals surface area (Å²) in [6, 6.07) is 11.8. The Bertz CT molecular complexity index is 1040. The van der Waals surface area contributed by atoms with Crippen LogP contribution in [0.15, 0.2) is 36.4 Å². The third kappa shape index (κ3) is 5.27. The molecule has 1 saturated heterocycles. The first kappa shape index (κ1) is 23.7. The third-order valence-corrected chi connectivity index (χ3v) is 5.85. The highest BCUT2D eigenvalue weighted by molar-refractivity contribution is 7.99. The molecule has 3 rings (SSSR count). The first-order valence-corrected chi connectivity index (χ1v) is 11.8. The van der Waals surface area contributed by atoms with Gasteiger partial charge in [0.15, 0.2) is 0 Å². The fraction of sp³-hybridized carbons (Fsp3) is 0.360. The molecule has 170 valence electrons. The van der Waals surface area contributed by atoms with Gasteiger partial charge in [-0.3, -0.25) is 15.0 Å². The first-order chi connectivity index (χ1) is 15.1. The zero-order chi connectivity index (χ0) is 23.5. The number of rotatable bonds is 6. The second-order valence-corrected chi connectivity index (χ2v) is 9.44. The van der Waals surface area contributed by atoms with E-state index in [-0.39, 0.29) is 17.7 Å². The van der Waals surface area contributed by atoms with Crippen molar-refractivity contribution >= 4 is 46.9 Å².